The van der Waals surface area contributed by atoms with E-state index in [1.165, 1.54) is 4.90 Å². The van der Waals surface area contributed by atoms with E-state index >= 15 is 0 Å². The van der Waals surface area contributed by atoms with E-state index in [1.54, 1.807) is 24.3 Å². The van der Waals surface area contributed by atoms with Gasteiger partial charge in [-0.25, -0.2) is 4.79 Å². The van der Waals surface area contributed by atoms with E-state index < -0.39 is 5.54 Å². The van der Waals surface area contributed by atoms with E-state index in [1.807, 2.05) is 6.07 Å². The number of imide groups is 1. The number of urea groups is 1. The van der Waals surface area contributed by atoms with E-state index in [9.17, 15) is 14.4 Å². The molecule has 2 heterocycles. The molecule has 2 aliphatic rings. The van der Waals surface area contributed by atoms with Crippen molar-refractivity contribution in [3.63, 3.8) is 0 Å². The van der Waals surface area contributed by atoms with Crippen LogP contribution in [-0.2, 0) is 16.1 Å². The zero-order valence-electron chi connectivity index (χ0n) is 13.9. The predicted octanol–water partition coefficient (Wildman–Crippen LogP) is 1.88. The molecule has 7 nitrogen and oxygen atoms in total. The highest BCUT2D eigenvalue weighted by molar-refractivity contribution is 6.07. The van der Waals surface area contributed by atoms with E-state index in [0.717, 1.165) is 31.4 Å². The summed E-state index contributed by atoms with van der Waals surface area (Å²) >= 11 is 0. The maximum Gasteiger partial charge on any atom is 0.325 e. The standard InChI is InChI=1S/C17H23N3O4/c1-19(12-13-6-5-11-24-13)14(21)7-4-10-20-15(22)17(18-16(20)23)8-2-3-9-17/h5-6,11H,2-4,7-10,12H2,1H3,(H,18,23). The number of nitrogens with one attached hydrogen (secondary N) is 1. The van der Waals surface area contributed by atoms with Crippen molar-refractivity contribution < 1.29 is 18.8 Å². The predicted molar refractivity (Wildman–Crippen MR) is 85.9 cm³/mol. The molecule has 1 aromatic rings. The van der Waals surface area contributed by atoms with Gasteiger partial charge >= 0.3 is 6.03 Å². The number of hydrogen-bond acceptors (Lipinski definition) is 4. The van der Waals surface area contributed by atoms with Gasteiger partial charge in [-0.1, -0.05) is 12.8 Å². The summed E-state index contributed by atoms with van der Waals surface area (Å²) < 4.78 is 5.22. The van der Waals surface area contributed by atoms with Gasteiger partial charge in [0.25, 0.3) is 5.91 Å². The topological polar surface area (TPSA) is 82.9 Å². The summed E-state index contributed by atoms with van der Waals surface area (Å²) in [5.41, 5.74) is -0.669. The number of amides is 4. The Balaban J connectivity index is 1.46. The van der Waals surface area contributed by atoms with Crippen LogP contribution in [0.5, 0.6) is 0 Å². The Hall–Kier alpha value is -2.31. The first-order chi connectivity index (χ1) is 11.5. The Morgan fingerprint density at radius 3 is 2.79 bits per heavy atom. The van der Waals surface area contributed by atoms with Gasteiger partial charge in [-0.3, -0.25) is 14.5 Å². The van der Waals surface area contributed by atoms with E-state index in [4.69, 9.17) is 4.42 Å². The molecule has 130 valence electrons. The Kier molecular flexibility index (Phi) is 4.59. The summed E-state index contributed by atoms with van der Waals surface area (Å²) in [6.07, 6.45) is 5.71. The lowest BCUT2D eigenvalue weighted by Crippen LogP contribution is -2.44. The highest BCUT2D eigenvalue weighted by Crippen LogP contribution is 2.35. The molecule has 1 aliphatic carbocycles. The van der Waals surface area contributed by atoms with Gasteiger partial charge in [-0.2, -0.15) is 0 Å². The molecule has 0 bridgehead atoms. The van der Waals surface area contributed by atoms with Crippen molar-refractivity contribution in [2.45, 2.75) is 50.6 Å². The summed E-state index contributed by atoms with van der Waals surface area (Å²) in [4.78, 5) is 39.5. The molecular weight excluding hydrogens is 310 g/mol. The van der Waals surface area contributed by atoms with Crippen molar-refractivity contribution in [1.29, 1.82) is 0 Å². The van der Waals surface area contributed by atoms with Crippen molar-refractivity contribution in [2.75, 3.05) is 13.6 Å². The molecule has 3 rings (SSSR count). The molecule has 4 amide bonds. The summed E-state index contributed by atoms with van der Waals surface area (Å²) in [5, 5.41) is 2.85. The Morgan fingerprint density at radius 1 is 1.38 bits per heavy atom. The van der Waals surface area contributed by atoms with Crippen molar-refractivity contribution in [2.24, 2.45) is 0 Å². The van der Waals surface area contributed by atoms with Gasteiger partial charge in [0.15, 0.2) is 0 Å². The molecule has 1 saturated carbocycles. The Labute approximate surface area is 141 Å². The minimum atomic E-state index is -0.669. The van der Waals surface area contributed by atoms with E-state index in [2.05, 4.69) is 5.32 Å². The summed E-state index contributed by atoms with van der Waals surface area (Å²) in [6.45, 7) is 0.699. The molecular formula is C17H23N3O4. The average Bonchev–Trinajstić information content (AvgIpc) is 3.26. The third-order valence-corrected chi connectivity index (χ3v) is 4.87. The second kappa shape index (κ2) is 6.67. The maximum absolute atomic E-state index is 12.5. The smallest absolute Gasteiger partial charge is 0.325 e. The molecule has 2 fully saturated rings. The molecule has 1 saturated heterocycles. The lowest BCUT2D eigenvalue weighted by molar-refractivity contribution is -0.133. The quantitative estimate of drug-likeness (QED) is 0.806. The first-order valence-electron chi connectivity index (χ1n) is 8.42. The maximum atomic E-state index is 12.5. The molecule has 7 heteroatoms. The van der Waals surface area contributed by atoms with Gasteiger partial charge in [0, 0.05) is 20.0 Å². The SMILES string of the molecule is CN(Cc1ccco1)C(=O)CCCN1C(=O)NC2(CCCC2)C1=O. The van der Waals surface area contributed by atoms with Crippen LogP contribution in [0.15, 0.2) is 22.8 Å². The number of hydrogen-bond donors (Lipinski definition) is 1. The molecule has 0 atom stereocenters. The number of nitrogens with zero attached hydrogens (tertiary/aromatic N) is 2. The van der Waals surface area contributed by atoms with Crippen molar-refractivity contribution >= 4 is 17.8 Å². The van der Waals surface area contributed by atoms with Gasteiger partial charge in [-0.15, -0.1) is 0 Å². The third-order valence-electron chi connectivity index (χ3n) is 4.87. The second-order valence-corrected chi connectivity index (χ2v) is 6.61. The molecule has 0 radical (unpaired) electrons. The molecule has 1 spiro atoms. The number of rotatable bonds is 6. The fourth-order valence-corrected chi connectivity index (χ4v) is 3.50. The van der Waals surface area contributed by atoms with Crippen LogP contribution >= 0.6 is 0 Å². The number of carbonyl (C=O) groups is 3. The van der Waals surface area contributed by atoms with E-state index in [0.29, 0.717) is 19.4 Å². The first kappa shape index (κ1) is 16.5. The number of carbonyl (C=O) groups excluding carboxylic acids is 3. The van der Waals surface area contributed by atoms with Crippen molar-refractivity contribution in [1.82, 2.24) is 15.1 Å². The van der Waals surface area contributed by atoms with Gasteiger partial charge < -0.3 is 14.6 Å². The zero-order valence-corrected chi connectivity index (χ0v) is 13.9. The van der Waals surface area contributed by atoms with Crippen molar-refractivity contribution in [3.05, 3.63) is 24.2 Å². The van der Waals surface area contributed by atoms with Crippen LogP contribution in [0, 0.1) is 0 Å². The van der Waals surface area contributed by atoms with Crippen LogP contribution in [-0.4, -0.2) is 46.8 Å². The average molecular weight is 333 g/mol. The summed E-state index contributed by atoms with van der Waals surface area (Å²) in [5.74, 6) is 0.568. The van der Waals surface area contributed by atoms with Crippen LogP contribution in [0.2, 0.25) is 0 Å². The highest BCUT2D eigenvalue weighted by Gasteiger charge is 2.52. The summed E-state index contributed by atoms with van der Waals surface area (Å²) in [6, 6.07) is 3.28. The molecule has 1 N–H and O–H groups in total. The van der Waals surface area contributed by atoms with Crippen LogP contribution in [0.4, 0.5) is 4.79 Å². The van der Waals surface area contributed by atoms with Gasteiger partial charge in [0.1, 0.15) is 11.3 Å². The van der Waals surface area contributed by atoms with Crippen molar-refractivity contribution in [3.8, 4) is 0 Å². The highest BCUT2D eigenvalue weighted by atomic mass is 16.3. The van der Waals surface area contributed by atoms with Gasteiger partial charge in [0.05, 0.1) is 12.8 Å². The van der Waals surface area contributed by atoms with E-state index in [-0.39, 0.29) is 24.4 Å². The lowest BCUT2D eigenvalue weighted by atomic mass is 9.98. The lowest BCUT2D eigenvalue weighted by Gasteiger charge is -2.20. The fourth-order valence-electron chi connectivity index (χ4n) is 3.50. The first-order valence-corrected chi connectivity index (χ1v) is 8.42. The zero-order chi connectivity index (χ0) is 17.2. The molecule has 0 aromatic carbocycles. The largest absolute Gasteiger partial charge is 0.467 e. The minimum absolute atomic E-state index is 0.0333. The molecule has 1 aliphatic heterocycles. The second-order valence-electron chi connectivity index (χ2n) is 6.61. The van der Waals surface area contributed by atoms with Crippen LogP contribution < -0.4 is 5.32 Å². The molecule has 1 aromatic heterocycles. The fraction of sp³-hybridized carbons (Fsp3) is 0.588. The van der Waals surface area contributed by atoms with Gasteiger partial charge in [0.2, 0.25) is 5.91 Å². The van der Waals surface area contributed by atoms with Crippen LogP contribution in [0.3, 0.4) is 0 Å². The monoisotopic (exact) mass is 333 g/mol. The molecule has 0 unspecified atom stereocenters. The molecule has 24 heavy (non-hydrogen) atoms. The third kappa shape index (κ3) is 3.16. The number of furan rings is 1. The van der Waals surface area contributed by atoms with Gasteiger partial charge in [-0.05, 0) is 31.4 Å². The van der Waals surface area contributed by atoms with Crippen LogP contribution in [0.1, 0.15) is 44.3 Å². The Morgan fingerprint density at radius 2 is 2.12 bits per heavy atom. The normalized spacial score (nSPS) is 19.1. The van der Waals surface area contributed by atoms with Crippen LogP contribution in [0.25, 0.3) is 0 Å². The Bertz CT molecular complexity index is 620. The summed E-state index contributed by atoms with van der Waals surface area (Å²) in [7, 11) is 1.71. The minimum Gasteiger partial charge on any atom is -0.467 e.